The van der Waals surface area contributed by atoms with Crippen molar-refractivity contribution in [1.29, 1.82) is 0 Å². The molecule has 0 aliphatic heterocycles. The molecule has 4 aromatic carbocycles. The molecule has 2 heterocycles. The number of benzene rings is 4. The Morgan fingerprint density at radius 2 is 1.41 bits per heavy atom. The molecule has 0 spiro atoms. The zero-order chi connectivity index (χ0) is 26.9. The van der Waals surface area contributed by atoms with Gasteiger partial charge in [-0.2, -0.15) is 5.10 Å². The first-order valence-corrected chi connectivity index (χ1v) is 13.1. The smallest absolute Gasteiger partial charge is 0.260 e. The number of hydrogen-bond donors (Lipinski definition) is 1. The Labute approximate surface area is 233 Å². The van der Waals surface area contributed by atoms with Crippen LogP contribution in [0.2, 0.25) is 10.0 Å². The van der Waals surface area contributed by atoms with Crippen LogP contribution in [0.3, 0.4) is 0 Å². The number of pyridine rings is 1. The van der Waals surface area contributed by atoms with E-state index >= 15 is 0 Å². The zero-order valence-corrected chi connectivity index (χ0v) is 22.2. The van der Waals surface area contributed by atoms with Crippen molar-refractivity contribution in [2.24, 2.45) is 5.10 Å². The molecule has 0 atom stereocenters. The number of halogens is 2. The zero-order valence-electron chi connectivity index (χ0n) is 20.6. The number of hydrogen-bond acceptors (Lipinski definition) is 3. The van der Waals surface area contributed by atoms with Crippen LogP contribution in [0.4, 0.5) is 0 Å². The lowest BCUT2D eigenvalue weighted by atomic mass is 10.1. The van der Waals surface area contributed by atoms with Gasteiger partial charge in [-0.05, 0) is 48.0 Å². The average Bonchev–Trinajstić information content (AvgIpc) is 3.30. The summed E-state index contributed by atoms with van der Waals surface area (Å²) in [5.74, 6) is -0.301. The summed E-state index contributed by atoms with van der Waals surface area (Å²) in [7, 11) is 0. The van der Waals surface area contributed by atoms with Crippen LogP contribution in [-0.4, -0.2) is 21.3 Å². The Morgan fingerprint density at radius 1 is 0.795 bits per heavy atom. The number of fused-ring (bicyclic) bond motifs is 3. The number of aromatic nitrogens is 2. The van der Waals surface area contributed by atoms with Gasteiger partial charge in [0.2, 0.25) is 0 Å². The molecule has 0 unspecified atom stereocenters. The molecule has 6 rings (SSSR count). The van der Waals surface area contributed by atoms with Crippen LogP contribution in [0.15, 0.2) is 107 Å². The first kappa shape index (κ1) is 24.9. The maximum absolute atomic E-state index is 13.0. The predicted octanol–water partition coefficient (Wildman–Crippen LogP) is 6.61. The van der Waals surface area contributed by atoms with Gasteiger partial charge >= 0.3 is 0 Å². The molecule has 0 aliphatic carbocycles. The van der Waals surface area contributed by atoms with E-state index in [1.54, 1.807) is 24.4 Å². The van der Waals surface area contributed by atoms with E-state index in [2.05, 4.69) is 15.1 Å². The average molecular weight is 553 g/mol. The Morgan fingerprint density at radius 3 is 2.08 bits per heavy atom. The van der Waals surface area contributed by atoms with Gasteiger partial charge in [0, 0.05) is 40.0 Å². The molecule has 39 heavy (non-hydrogen) atoms. The van der Waals surface area contributed by atoms with Crippen molar-refractivity contribution in [2.45, 2.75) is 13.1 Å². The van der Waals surface area contributed by atoms with Gasteiger partial charge in [-0.15, -0.1) is 0 Å². The fourth-order valence-electron chi connectivity index (χ4n) is 4.94. The van der Waals surface area contributed by atoms with Crippen LogP contribution in [0, 0.1) is 0 Å². The Balaban J connectivity index is 1.26. The summed E-state index contributed by atoms with van der Waals surface area (Å²) in [6.07, 6.45) is 3.64. The number of nitrogens with one attached hydrogen (secondary N) is 1. The Hall–Kier alpha value is -4.39. The first-order chi connectivity index (χ1) is 19.0. The normalized spacial score (nSPS) is 11.6. The van der Waals surface area contributed by atoms with E-state index in [1.165, 1.54) is 0 Å². The van der Waals surface area contributed by atoms with Crippen LogP contribution in [-0.2, 0) is 17.9 Å². The monoisotopic (exact) mass is 552 g/mol. The molecule has 1 N–H and O–H groups in total. The van der Waals surface area contributed by atoms with Crippen LogP contribution in [0.25, 0.3) is 32.7 Å². The number of rotatable bonds is 6. The molecule has 0 saturated heterocycles. The summed E-state index contributed by atoms with van der Waals surface area (Å²) in [4.78, 5) is 26.0. The van der Waals surface area contributed by atoms with E-state index in [1.807, 2.05) is 83.6 Å². The lowest BCUT2D eigenvalue weighted by Crippen LogP contribution is -2.25. The van der Waals surface area contributed by atoms with Crippen LogP contribution < -0.4 is 10.9 Å². The number of nitrogens with zero attached hydrogens (tertiary/aromatic N) is 3. The molecule has 0 fully saturated rings. The minimum atomic E-state index is -0.301. The van der Waals surface area contributed by atoms with Crippen LogP contribution in [0.1, 0.15) is 11.1 Å². The van der Waals surface area contributed by atoms with Gasteiger partial charge in [0.25, 0.3) is 5.91 Å². The van der Waals surface area contributed by atoms with E-state index in [0.717, 1.165) is 22.0 Å². The number of para-hydroxylation sites is 3. The van der Waals surface area contributed by atoms with Gasteiger partial charge < -0.3 is 9.13 Å². The molecule has 6 aromatic rings. The van der Waals surface area contributed by atoms with E-state index in [9.17, 15) is 9.59 Å². The fourth-order valence-corrected chi connectivity index (χ4v) is 5.26. The lowest BCUT2D eigenvalue weighted by molar-refractivity contribution is -0.121. The van der Waals surface area contributed by atoms with E-state index in [-0.39, 0.29) is 17.9 Å². The third-order valence-corrected chi connectivity index (χ3v) is 7.47. The number of hydrazone groups is 1. The number of amides is 1. The second kappa shape index (κ2) is 10.4. The largest absolute Gasteiger partial charge is 0.342 e. The Bertz CT molecular complexity index is 1910. The maximum atomic E-state index is 13.0. The van der Waals surface area contributed by atoms with Crippen LogP contribution in [0.5, 0.6) is 0 Å². The second-order valence-corrected chi connectivity index (χ2v) is 10.0. The molecule has 6 nitrogen and oxygen atoms in total. The van der Waals surface area contributed by atoms with Crippen molar-refractivity contribution in [3.8, 4) is 0 Å². The van der Waals surface area contributed by atoms with Crippen LogP contribution >= 0.6 is 23.2 Å². The molecular formula is C31H22Cl2N4O2. The van der Waals surface area contributed by atoms with Crippen molar-refractivity contribution >= 4 is 68.0 Å². The molecule has 2 aromatic heterocycles. The topological polar surface area (TPSA) is 68.4 Å². The number of carbonyl (C=O) groups is 1. The molecule has 0 radical (unpaired) electrons. The third-order valence-electron chi connectivity index (χ3n) is 6.73. The van der Waals surface area contributed by atoms with Crippen molar-refractivity contribution in [3.05, 3.63) is 129 Å². The van der Waals surface area contributed by atoms with E-state index < -0.39 is 0 Å². The quantitative estimate of drug-likeness (QED) is 0.143. The predicted molar refractivity (Wildman–Crippen MR) is 159 cm³/mol. The highest BCUT2D eigenvalue weighted by atomic mass is 35.5. The second-order valence-electron chi connectivity index (χ2n) is 9.22. The summed E-state index contributed by atoms with van der Waals surface area (Å²) in [6, 6.07) is 28.2. The van der Waals surface area contributed by atoms with Gasteiger partial charge in [-0.1, -0.05) is 71.7 Å². The first-order valence-electron chi connectivity index (χ1n) is 12.3. The van der Waals surface area contributed by atoms with Gasteiger partial charge in [-0.25, -0.2) is 5.43 Å². The lowest BCUT2D eigenvalue weighted by Gasteiger charge is -2.14. The molecule has 192 valence electrons. The fraction of sp³-hybridized carbons (Fsp3) is 0.0645. The third kappa shape index (κ3) is 4.80. The van der Waals surface area contributed by atoms with Gasteiger partial charge in [0.05, 0.1) is 27.3 Å². The molecule has 0 bridgehead atoms. The van der Waals surface area contributed by atoms with Crippen molar-refractivity contribution in [3.63, 3.8) is 0 Å². The molecular weight excluding hydrogens is 531 g/mol. The number of carbonyl (C=O) groups excluding carboxylic acids is 1. The molecule has 8 heteroatoms. The highest BCUT2D eigenvalue weighted by molar-refractivity contribution is 6.42. The summed E-state index contributed by atoms with van der Waals surface area (Å²) in [6.45, 7) is 0.613. The molecule has 0 saturated carbocycles. The standard InChI is InChI=1S/C31H22Cl2N4O2/c32-25-14-13-20(15-26(25)33)17-36-18-21(22-7-1-4-10-27(22)36)16-34-35-30(38)19-37-28-11-5-2-8-23(28)31(39)24-9-3-6-12-29(24)37/h1-16,18H,17,19H2,(H,35,38)/b34-16-. The van der Waals surface area contributed by atoms with Crippen molar-refractivity contribution in [2.75, 3.05) is 0 Å². The minimum Gasteiger partial charge on any atom is -0.342 e. The minimum absolute atomic E-state index is 0.0116. The van der Waals surface area contributed by atoms with E-state index in [4.69, 9.17) is 23.2 Å². The van der Waals surface area contributed by atoms with Gasteiger partial charge in [0.15, 0.2) is 5.43 Å². The molecule has 1 amide bonds. The maximum Gasteiger partial charge on any atom is 0.260 e. The molecule has 0 aliphatic rings. The van der Waals surface area contributed by atoms with Gasteiger partial charge in [0.1, 0.15) is 6.54 Å². The van der Waals surface area contributed by atoms with Crippen molar-refractivity contribution < 1.29 is 4.79 Å². The highest BCUT2D eigenvalue weighted by Crippen LogP contribution is 2.25. The Kier molecular flexibility index (Phi) is 6.65. The summed E-state index contributed by atoms with van der Waals surface area (Å²) in [5, 5.41) is 7.44. The van der Waals surface area contributed by atoms with E-state index in [0.29, 0.717) is 38.4 Å². The van der Waals surface area contributed by atoms with Gasteiger partial charge in [-0.3, -0.25) is 9.59 Å². The van der Waals surface area contributed by atoms with Crippen molar-refractivity contribution in [1.82, 2.24) is 14.6 Å². The summed E-state index contributed by atoms with van der Waals surface area (Å²) >= 11 is 12.3. The SMILES string of the molecule is O=C(Cn1c2ccccc2c(=O)c2ccccc21)N/N=C\c1cn(Cc2ccc(Cl)c(Cl)c2)c2ccccc12. The highest BCUT2D eigenvalue weighted by Gasteiger charge is 2.13. The summed E-state index contributed by atoms with van der Waals surface area (Å²) < 4.78 is 3.96. The summed E-state index contributed by atoms with van der Waals surface area (Å²) in [5.41, 5.74) is 6.91.